The first-order valence-corrected chi connectivity index (χ1v) is 6.05. The number of fused-ring (bicyclic) bond motifs is 1. The van der Waals surface area contributed by atoms with Gasteiger partial charge in [-0.15, -0.1) is 0 Å². The van der Waals surface area contributed by atoms with Crippen LogP contribution in [-0.2, 0) is 11.2 Å². The Bertz CT molecular complexity index is 595. The molecule has 7 heteroatoms. The Kier molecular flexibility index (Phi) is 2.86. The van der Waals surface area contributed by atoms with Crippen LogP contribution >= 0.6 is 0 Å². The summed E-state index contributed by atoms with van der Waals surface area (Å²) < 4.78 is 1.76. The molecule has 98 valence electrons. The Balaban J connectivity index is 1.95. The van der Waals surface area contributed by atoms with Crippen LogP contribution in [0.2, 0.25) is 0 Å². The zero-order valence-corrected chi connectivity index (χ0v) is 10.2. The maximum atomic E-state index is 10.7. The second kappa shape index (κ2) is 4.68. The predicted molar refractivity (Wildman–Crippen MR) is 66.8 cm³/mol. The summed E-state index contributed by atoms with van der Waals surface area (Å²) in [7, 11) is 0. The quantitative estimate of drug-likeness (QED) is 0.843. The molecule has 0 aliphatic carbocycles. The lowest BCUT2D eigenvalue weighted by Crippen LogP contribution is -2.24. The summed E-state index contributed by atoms with van der Waals surface area (Å²) in [4.78, 5) is 18.9. The highest BCUT2D eigenvalue weighted by Crippen LogP contribution is 2.27. The molecular weight excluding hydrogens is 246 g/mol. The van der Waals surface area contributed by atoms with Crippen LogP contribution in [-0.4, -0.2) is 37.4 Å². The van der Waals surface area contributed by atoms with Crippen molar-refractivity contribution in [3.05, 3.63) is 35.9 Å². The van der Waals surface area contributed by atoms with Gasteiger partial charge in [0.15, 0.2) is 5.82 Å². The highest BCUT2D eigenvalue weighted by molar-refractivity contribution is 5.69. The number of hydrogen-bond donors (Lipinski definition) is 2. The number of hydrogen-bond acceptors (Lipinski definition) is 5. The zero-order chi connectivity index (χ0) is 13.2. The van der Waals surface area contributed by atoms with Gasteiger partial charge in [0, 0.05) is 18.9 Å². The molecule has 2 aromatic heterocycles. The Hall–Kier alpha value is -2.44. The molecule has 2 N–H and O–H groups in total. The number of carboxylic acids is 1. The van der Waals surface area contributed by atoms with E-state index in [1.54, 1.807) is 17.1 Å². The third kappa shape index (κ3) is 2.26. The maximum absolute atomic E-state index is 10.7. The van der Waals surface area contributed by atoms with Crippen molar-refractivity contribution in [2.45, 2.75) is 18.9 Å². The number of nitrogens with zero attached hydrogens (tertiary/aromatic N) is 4. The van der Waals surface area contributed by atoms with Gasteiger partial charge in [-0.3, -0.25) is 9.78 Å². The van der Waals surface area contributed by atoms with Gasteiger partial charge in [-0.25, -0.2) is 4.68 Å². The smallest absolute Gasteiger partial charge is 0.311 e. The predicted octanol–water partition coefficient (Wildman–Crippen LogP) is 0.705. The first-order valence-electron chi connectivity index (χ1n) is 6.05. The van der Waals surface area contributed by atoms with E-state index in [0.717, 1.165) is 18.5 Å². The summed E-state index contributed by atoms with van der Waals surface area (Å²) in [6.07, 6.45) is 4.20. The van der Waals surface area contributed by atoms with Crippen molar-refractivity contribution in [3.8, 4) is 0 Å². The maximum Gasteiger partial charge on any atom is 0.311 e. The summed E-state index contributed by atoms with van der Waals surface area (Å²) in [5.41, 5.74) is 1.10. The van der Waals surface area contributed by atoms with E-state index in [1.165, 1.54) is 0 Å². The summed E-state index contributed by atoms with van der Waals surface area (Å²) in [5.74, 6) is 0.0312. The molecule has 0 radical (unpaired) electrons. The van der Waals surface area contributed by atoms with Gasteiger partial charge in [-0.2, -0.15) is 10.1 Å². The number of aliphatic carboxylic acids is 1. The van der Waals surface area contributed by atoms with Crippen LogP contribution in [0.5, 0.6) is 0 Å². The Labute approximate surface area is 109 Å². The fourth-order valence-corrected chi connectivity index (χ4v) is 2.25. The molecule has 0 saturated heterocycles. The lowest BCUT2D eigenvalue weighted by atomic mass is 10.0. The van der Waals surface area contributed by atoms with Gasteiger partial charge >= 0.3 is 5.97 Å². The van der Waals surface area contributed by atoms with E-state index in [4.69, 9.17) is 5.11 Å². The second-order valence-corrected chi connectivity index (χ2v) is 4.38. The van der Waals surface area contributed by atoms with E-state index in [-0.39, 0.29) is 12.5 Å². The highest BCUT2D eigenvalue weighted by atomic mass is 16.4. The Morgan fingerprint density at radius 1 is 1.47 bits per heavy atom. The largest absolute Gasteiger partial charge is 0.481 e. The molecule has 1 atom stereocenters. The van der Waals surface area contributed by atoms with Crippen LogP contribution in [0.1, 0.15) is 23.9 Å². The minimum atomic E-state index is -0.927. The number of carboxylic acid groups (broad SMARTS) is 1. The van der Waals surface area contributed by atoms with E-state index in [2.05, 4.69) is 20.4 Å². The van der Waals surface area contributed by atoms with Crippen molar-refractivity contribution in [1.29, 1.82) is 0 Å². The zero-order valence-electron chi connectivity index (χ0n) is 10.2. The molecule has 0 amide bonds. The van der Waals surface area contributed by atoms with Crippen LogP contribution in [0.25, 0.3) is 0 Å². The molecule has 3 rings (SSSR count). The lowest BCUT2D eigenvalue weighted by molar-refractivity contribution is -0.136. The van der Waals surface area contributed by atoms with Gasteiger partial charge in [0.05, 0.1) is 6.04 Å². The molecule has 0 bridgehead atoms. The number of carbonyl (C=O) groups is 1. The SMILES string of the molecule is O=C(O)Cc1nc2n(n1)C(c1ccncc1)CCN2. The van der Waals surface area contributed by atoms with Crippen molar-refractivity contribution in [2.24, 2.45) is 0 Å². The van der Waals surface area contributed by atoms with Crippen LogP contribution < -0.4 is 5.32 Å². The van der Waals surface area contributed by atoms with Crippen molar-refractivity contribution >= 4 is 11.9 Å². The lowest BCUT2D eigenvalue weighted by Gasteiger charge is -2.24. The van der Waals surface area contributed by atoms with Crippen LogP contribution in [0.4, 0.5) is 5.95 Å². The molecule has 0 fully saturated rings. The van der Waals surface area contributed by atoms with E-state index in [9.17, 15) is 4.79 Å². The monoisotopic (exact) mass is 259 g/mol. The summed E-state index contributed by atoms with van der Waals surface area (Å²) >= 11 is 0. The second-order valence-electron chi connectivity index (χ2n) is 4.38. The van der Waals surface area contributed by atoms with Crippen molar-refractivity contribution in [2.75, 3.05) is 11.9 Å². The number of anilines is 1. The van der Waals surface area contributed by atoms with E-state index < -0.39 is 5.97 Å². The number of aromatic nitrogens is 4. The van der Waals surface area contributed by atoms with Gasteiger partial charge in [-0.05, 0) is 24.1 Å². The van der Waals surface area contributed by atoms with Gasteiger partial charge in [0.2, 0.25) is 5.95 Å². The van der Waals surface area contributed by atoms with E-state index in [0.29, 0.717) is 11.8 Å². The van der Waals surface area contributed by atoms with Gasteiger partial charge in [0.25, 0.3) is 0 Å². The molecule has 0 saturated carbocycles. The minimum Gasteiger partial charge on any atom is -0.481 e. The molecule has 2 aromatic rings. The molecule has 1 aliphatic rings. The first-order chi connectivity index (χ1) is 9.24. The third-order valence-corrected chi connectivity index (χ3v) is 3.07. The van der Waals surface area contributed by atoms with Crippen molar-refractivity contribution < 1.29 is 9.90 Å². The summed E-state index contributed by atoms with van der Waals surface area (Å²) in [5, 5.41) is 16.2. The van der Waals surface area contributed by atoms with Crippen molar-refractivity contribution in [1.82, 2.24) is 19.7 Å². The Morgan fingerprint density at radius 3 is 3.00 bits per heavy atom. The van der Waals surface area contributed by atoms with E-state index >= 15 is 0 Å². The molecule has 1 unspecified atom stereocenters. The molecule has 3 heterocycles. The normalized spacial score (nSPS) is 17.6. The molecule has 0 aromatic carbocycles. The molecule has 0 spiro atoms. The highest BCUT2D eigenvalue weighted by Gasteiger charge is 2.24. The Morgan fingerprint density at radius 2 is 2.26 bits per heavy atom. The molecular formula is C12H13N5O2. The average molecular weight is 259 g/mol. The third-order valence-electron chi connectivity index (χ3n) is 3.07. The van der Waals surface area contributed by atoms with Crippen LogP contribution in [0, 0.1) is 0 Å². The summed E-state index contributed by atoms with van der Waals surface area (Å²) in [6, 6.07) is 3.96. The molecule has 7 nitrogen and oxygen atoms in total. The van der Waals surface area contributed by atoms with Gasteiger partial charge in [0.1, 0.15) is 6.42 Å². The standard InChI is InChI=1S/C12H13N5O2/c18-11(19)7-10-15-12-14-6-3-9(17(12)16-10)8-1-4-13-5-2-8/h1-2,4-5,9H,3,6-7H2,(H,18,19)(H,14,15,16). The van der Waals surface area contributed by atoms with E-state index in [1.807, 2.05) is 12.1 Å². The fourth-order valence-electron chi connectivity index (χ4n) is 2.25. The number of pyridine rings is 1. The summed E-state index contributed by atoms with van der Waals surface area (Å²) in [6.45, 7) is 0.790. The average Bonchev–Trinajstić information content (AvgIpc) is 2.80. The first kappa shape index (κ1) is 11.6. The van der Waals surface area contributed by atoms with Crippen LogP contribution in [0.3, 0.4) is 0 Å². The molecule has 19 heavy (non-hydrogen) atoms. The number of nitrogens with one attached hydrogen (secondary N) is 1. The van der Waals surface area contributed by atoms with Crippen LogP contribution in [0.15, 0.2) is 24.5 Å². The fraction of sp³-hybridized carbons (Fsp3) is 0.333. The number of rotatable bonds is 3. The molecule has 1 aliphatic heterocycles. The minimum absolute atomic E-state index is 0.0781. The van der Waals surface area contributed by atoms with Crippen molar-refractivity contribution in [3.63, 3.8) is 0 Å². The van der Waals surface area contributed by atoms with Gasteiger partial charge < -0.3 is 10.4 Å². The topological polar surface area (TPSA) is 92.9 Å². The van der Waals surface area contributed by atoms with Gasteiger partial charge in [-0.1, -0.05) is 0 Å².